The number of aliphatic hydroxyl groups excluding tert-OH is 1. The van der Waals surface area contributed by atoms with Gasteiger partial charge in [0.2, 0.25) is 0 Å². The monoisotopic (exact) mass is 362 g/mol. The van der Waals surface area contributed by atoms with Crippen molar-refractivity contribution >= 4 is 5.97 Å². The van der Waals surface area contributed by atoms with Crippen molar-refractivity contribution in [2.75, 3.05) is 0 Å². The Hall–Kier alpha value is -0.570. The molecular formula is C23H38O3. The van der Waals surface area contributed by atoms with E-state index in [4.69, 9.17) is 4.74 Å². The molecule has 0 unspecified atom stereocenters. The number of carbonyl (C=O) groups excluding carboxylic acids is 1. The van der Waals surface area contributed by atoms with Gasteiger partial charge in [-0.05, 0) is 105 Å². The molecule has 1 N–H and O–H groups in total. The molecule has 0 saturated heterocycles. The van der Waals surface area contributed by atoms with Gasteiger partial charge in [-0.2, -0.15) is 0 Å². The van der Waals surface area contributed by atoms with E-state index in [9.17, 15) is 9.90 Å². The summed E-state index contributed by atoms with van der Waals surface area (Å²) in [6.45, 7) is 8.61. The molecule has 148 valence electrons. The maximum absolute atomic E-state index is 11.4. The van der Waals surface area contributed by atoms with Gasteiger partial charge in [-0.1, -0.05) is 13.8 Å². The van der Waals surface area contributed by atoms with Crippen LogP contribution in [0.25, 0.3) is 0 Å². The molecule has 26 heavy (non-hydrogen) atoms. The van der Waals surface area contributed by atoms with Crippen LogP contribution < -0.4 is 0 Å². The Bertz CT molecular complexity index is 558. The van der Waals surface area contributed by atoms with Crippen LogP contribution in [-0.4, -0.2) is 23.3 Å². The lowest BCUT2D eigenvalue weighted by Crippen LogP contribution is -2.54. The van der Waals surface area contributed by atoms with Crippen molar-refractivity contribution in [1.82, 2.24) is 0 Å². The molecule has 0 heterocycles. The van der Waals surface area contributed by atoms with Gasteiger partial charge in [0.05, 0.1) is 6.10 Å². The standard InChI is InChI=1S/C23H38O3/c1-14(24)19-7-8-20-18-6-5-16-13-17(26-15(2)25)9-11-22(16,3)21(18)10-12-23(19,20)4/h14,16-21,24H,5-13H2,1-4H3/t14-,16-,17+,18-,19-,20+,21+,22-,23+/m0/s1. The Morgan fingerprint density at radius 2 is 1.69 bits per heavy atom. The zero-order valence-electron chi connectivity index (χ0n) is 17.2. The Balaban J connectivity index is 1.53. The normalized spacial score (nSPS) is 51.7. The SMILES string of the molecule is CC(=O)O[C@@H]1CC[C@@]2(C)[C@@H](CC[C@@H]3[C@H]2CC[C@@]2(C)[C@@H]3CC[C@H]2[C@H](C)O)C1. The van der Waals surface area contributed by atoms with Crippen molar-refractivity contribution in [3.8, 4) is 0 Å². The first-order chi connectivity index (χ1) is 12.3. The zero-order valence-corrected chi connectivity index (χ0v) is 17.2. The second-order valence-corrected chi connectivity index (χ2v) is 10.6. The third-order valence-corrected chi connectivity index (χ3v) is 9.61. The lowest BCUT2D eigenvalue weighted by atomic mass is 9.44. The number of carbonyl (C=O) groups is 1. The van der Waals surface area contributed by atoms with E-state index in [1.807, 2.05) is 6.92 Å². The van der Waals surface area contributed by atoms with E-state index in [1.165, 1.54) is 44.9 Å². The van der Waals surface area contributed by atoms with E-state index in [1.54, 1.807) is 6.92 Å². The molecule has 4 aliphatic carbocycles. The van der Waals surface area contributed by atoms with Crippen LogP contribution in [0.5, 0.6) is 0 Å². The second-order valence-electron chi connectivity index (χ2n) is 10.6. The van der Waals surface area contributed by atoms with Crippen LogP contribution in [0.15, 0.2) is 0 Å². The Morgan fingerprint density at radius 1 is 1.00 bits per heavy atom. The van der Waals surface area contributed by atoms with Crippen molar-refractivity contribution in [3.63, 3.8) is 0 Å². The molecule has 3 nitrogen and oxygen atoms in total. The molecular weight excluding hydrogens is 324 g/mol. The highest BCUT2D eigenvalue weighted by molar-refractivity contribution is 5.66. The summed E-state index contributed by atoms with van der Waals surface area (Å²) in [7, 11) is 0. The third-order valence-electron chi connectivity index (χ3n) is 9.61. The second kappa shape index (κ2) is 6.50. The average molecular weight is 363 g/mol. The molecule has 3 heteroatoms. The Morgan fingerprint density at radius 3 is 2.38 bits per heavy atom. The largest absolute Gasteiger partial charge is 0.463 e. The van der Waals surface area contributed by atoms with Crippen molar-refractivity contribution in [3.05, 3.63) is 0 Å². The number of ether oxygens (including phenoxy) is 1. The number of esters is 1. The molecule has 0 aliphatic heterocycles. The number of fused-ring (bicyclic) bond motifs is 5. The van der Waals surface area contributed by atoms with Gasteiger partial charge in [0.1, 0.15) is 6.10 Å². The number of hydrogen-bond donors (Lipinski definition) is 1. The highest BCUT2D eigenvalue weighted by Crippen LogP contribution is 2.67. The summed E-state index contributed by atoms with van der Waals surface area (Å²) in [6, 6.07) is 0. The minimum Gasteiger partial charge on any atom is -0.463 e. The first kappa shape index (κ1) is 18.8. The average Bonchev–Trinajstić information content (AvgIpc) is 2.92. The summed E-state index contributed by atoms with van der Waals surface area (Å²) < 4.78 is 5.58. The van der Waals surface area contributed by atoms with Gasteiger partial charge in [0.15, 0.2) is 0 Å². The van der Waals surface area contributed by atoms with E-state index in [-0.39, 0.29) is 18.2 Å². The number of aliphatic hydroxyl groups is 1. The number of rotatable bonds is 2. The van der Waals surface area contributed by atoms with Crippen molar-refractivity contribution in [1.29, 1.82) is 0 Å². The summed E-state index contributed by atoms with van der Waals surface area (Å²) in [4.78, 5) is 11.4. The minimum atomic E-state index is -0.160. The van der Waals surface area contributed by atoms with Crippen molar-refractivity contribution in [2.45, 2.75) is 97.7 Å². The van der Waals surface area contributed by atoms with Gasteiger partial charge < -0.3 is 9.84 Å². The fourth-order valence-electron chi connectivity index (χ4n) is 8.39. The summed E-state index contributed by atoms with van der Waals surface area (Å²) in [5.74, 6) is 3.61. The molecule has 0 radical (unpaired) electrons. The van der Waals surface area contributed by atoms with Crippen LogP contribution in [-0.2, 0) is 9.53 Å². The molecule has 0 aromatic rings. The van der Waals surface area contributed by atoms with Crippen LogP contribution in [0.1, 0.15) is 85.5 Å². The summed E-state index contributed by atoms with van der Waals surface area (Å²) in [6.07, 6.45) is 11.2. The quantitative estimate of drug-likeness (QED) is 0.706. The zero-order chi connectivity index (χ0) is 18.7. The van der Waals surface area contributed by atoms with E-state index in [0.717, 1.165) is 36.5 Å². The van der Waals surface area contributed by atoms with Crippen LogP contribution in [0, 0.1) is 40.4 Å². The van der Waals surface area contributed by atoms with Crippen molar-refractivity contribution < 1.29 is 14.6 Å². The van der Waals surface area contributed by atoms with Gasteiger partial charge in [-0.3, -0.25) is 4.79 Å². The van der Waals surface area contributed by atoms with Gasteiger partial charge >= 0.3 is 5.97 Å². The summed E-state index contributed by atoms with van der Waals surface area (Å²) in [5, 5.41) is 10.4. The van der Waals surface area contributed by atoms with Crippen LogP contribution in [0.3, 0.4) is 0 Å². The number of hydrogen-bond acceptors (Lipinski definition) is 3. The predicted molar refractivity (Wildman–Crippen MR) is 102 cm³/mol. The minimum absolute atomic E-state index is 0.115. The lowest BCUT2D eigenvalue weighted by Gasteiger charge is -2.61. The topological polar surface area (TPSA) is 46.5 Å². The highest BCUT2D eigenvalue weighted by Gasteiger charge is 2.60. The molecule has 4 fully saturated rings. The van der Waals surface area contributed by atoms with Crippen LogP contribution >= 0.6 is 0 Å². The molecule has 4 saturated carbocycles. The van der Waals surface area contributed by atoms with Gasteiger partial charge in [0.25, 0.3) is 0 Å². The van der Waals surface area contributed by atoms with E-state index < -0.39 is 0 Å². The first-order valence-corrected chi connectivity index (χ1v) is 11.1. The smallest absolute Gasteiger partial charge is 0.302 e. The third kappa shape index (κ3) is 2.75. The van der Waals surface area contributed by atoms with Crippen LogP contribution in [0.4, 0.5) is 0 Å². The maximum Gasteiger partial charge on any atom is 0.302 e. The predicted octanol–water partition coefficient (Wildman–Crippen LogP) is 4.96. The van der Waals surface area contributed by atoms with Crippen molar-refractivity contribution in [2.24, 2.45) is 40.4 Å². The lowest BCUT2D eigenvalue weighted by molar-refractivity contribution is -0.161. The highest BCUT2D eigenvalue weighted by atomic mass is 16.5. The van der Waals surface area contributed by atoms with Crippen LogP contribution in [0.2, 0.25) is 0 Å². The summed E-state index contributed by atoms with van der Waals surface area (Å²) >= 11 is 0. The molecule has 0 spiro atoms. The molecule has 0 aromatic heterocycles. The first-order valence-electron chi connectivity index (χ1n) is 11.1. The van der Waals surface area contributed by atoms with E-state index in [0.29, 0.717) is 16.7 Å². The molecule has 4 rings (SSSR count). The molecule has 0 bridgehead atoms. The van der Waals surface area contributed by atoms with E-state index in [2.05, 4.69) is 13.8 Å². The maximum atomic E-state index is 11.4. The van der Waals surface area contributed by atoms with Gasteiger partial charge in [0, 0.05) is 6.92 Å². The van der Waals surface area contributed by atoms with Gasteiger partial charge in [-0.25, -0.2) is 0 Å². The Labute approximate surface area is 159 Å². The molecule has 0 aromatic carbocycles. The summed E-state index contributed by atoms with van der Waals surface area (Å²) in [5.41, 5.74) is 0.789. The fraction of sp³-hybridized carbons (Fsp3) is 0.957. The fourth-order valence-corrected chi connectivity index (χ4v) is 8.39. The van der Waals surface area contributed by atoms with Gasteiger partial charge in [-0.15, -0.1) is 0 Å². The Kier molecular flexibility index (Phi) is 4.69. The molecule has 9 atom stereocenters. The van der Waals surface area contributed by atoms with E-state index >= 15 is 0 Å². The molecule has 4 aliphatic rings. The molecule has 0 amide bonds.